The van der Waals surface area contributed by atoms with Crippen molar-refractivity contribution in [3.63, 3.8) is 0 Å². The lowest BCUT2D eigenvalue weighted by molar-refractivity contribution is -0.123. The maximum atomic E-state index is 12.0. The predicted octanol–water partition coefficient (Wildman–Crippen LogP) is 2.25. The summed E-state index contributed by atoms with van der Waals surface area (Å²) in [7, 11) is 0. The normalized spacial score (nSPS) is 17.8. The van der Waals surface area contributed by atoms with Gasteiger partial charge >= 0.3 is 0 Å². The minimum atomic E-state index is -0.0789. The number of ether oxygens (including phenoxy) is 1. The molecule has 1 N–H and O–H groups in total. The van der Waals surface area contributed by atoms with E-state index >= 15 is 0 Å². The molecule has 1 unspecified atom stereocenters. The number of carbonyl (C=O) groups is 1. The number of fused-ring (bicyclic) bond motifs is 1. The highest BCUT2D eigenvalue weighted by Crippen LogP contribution is 2.33. The maximum absolute atomic E-state index is 12.0. The van der Waals surface area contributed by atoms with Gasteiger partial charge in [-0.15, -0.1) is 6.58 Å². The molecule has 0 saturated carbocycles. The Kier molecular flexibility index (Phi) is 3.81. The highest BCUT2D eigenvalue weighted by molar-refractivity contribution is 5.84. The second kappa shape index (κ2) is 5.53. The molecule has 1 aromatic rings. The zero-order valence-corrected chi connectivity index (χ0v) is 9.82. The molecule has 0 saturated heterocycles. The van der Waals surface area contributed by atoms with E-state index in [1.54, 1.807) is 6.08 Å². The average Bonchev–Trinajstić information content (AvgIpc) is 2.38. The molecule has 0 radical (unpaired) electrons. The van der Waals surface area contributed by atoms with E-state index in [9.17, 15) is 4.79 Å². The lowest BCUT2D eigenvalue weighted by Crippen LogP contribution is -2.32. The third-order valence-corrected chi connectivity index (χ3v) is 2.92. The van der Waals surface area contributed by atoms with E-state index in [4.69, 9.17) is 4.74 Å². The number of rotatable bonds is 4. The number of amides is 1. The van der Waals surface area contributed by atoms with Crippen LogP contribution in [-0.2, 0) is 4.79 Å². The maximum Gasteiger partial charge on any atom is 0.227 e. The number of nitrogens with one attached hydrogen (secondary N) is 1. The molecule has 3 heteroatoms. The molecule has 0 spiro atoms. The van der Waals surface area contributed by atoms with Gasteiger partial charge in [0.2, 0.25) is 5.91 Å². The van der Waals surface area contributed by atoms with E-state index in [0.29, 0.717) is 13.2 Å². The molecule has 0 aliphatic carbocycles. The molecular formula is C14H17NO2. The SMILES string of the molecule is C=CCCNC(=O)C1CCOc2ccccc21. The van der Waals surface area contributed by atoms with Gasteiger partial charge in [0.25, 0.3) is 0 Å². The molecule has 1 aliphatic rings. The Balaban J connectivity index is 2.07. The van der Waals surface area contributed by atoms with Crippen LogP contribution >= 0.6 is 0 Å². The minimum Gasteiger partial charge on any atom is -0.493 e. The van der Waals surface area contributed by atoms with Gasteiger partial charge in [-0.1, -0.05) is 24.3 Å². The summed E-state index contributed by atoms with van der Waals surface area (Å²) < 4.78 is 5.53. The van der Waals surface area contributed by atoms with Crippen molar-refractivity contribution in [3.8, 4) is 5.75 Å². The standard InChI is InChI=1S/C14H17NO2/c1-2-3-9-15-14(16)12-8-10-17-13-7-5-4-6-11(12)13/h2,4-7,12H,1,3,8-10H2,(H,15,16). The van der Waals surface area contributed by atoms with Crippen LogP contribution in [0.3, 0.4) is 0 Å². The van der Waals surface area contributed by atoms with Crippen LogP contribution in [0.1, 0.15) is 24.3 Å². The third-order valence-electron chi connectivity index (χ3n) is 2.92. The lowest BCUT2D eigenvalue weighted by Gasteiger charge is -2.24. The Bertz CT molecular complexity index is 414. The zero-order chi connectivity index (χ0) is 12.1. The first kappa shape index (κ1) is 11.7. The second-order valence-corrected chi connectivity index (χ2v) is 4.10. The fraction of sp³-hybridized carbons (Fsp3) is 0.357. The van der Waals surface area contributed by atoms with Crippen molar-refractivity contribution in [2.45, 2.75) is 18.8 Å². The van der Waals surface area contributed by atoms with Gasteiger partial charge in [0.15, 0.2) is 0 Å². The summed E-state index contributed by atoms with van der Waals surface area (Å²) >= 11 is 0. The first-order valence-corrected chi connectivity index (χ1v) is 5.93. The van der Waals surface area contributed by atoms with Gasteiger partial charge in [-0.3, -0.25) is 4.79 Å². The number of carbonyl (C=O) groups excluding carboxylic acids is 1. The Morgan fingerprint density at radius 3 is 3.18 bits per heavy atom. The van der Waals surface area contributed by atoms with E-state index in [2.05, 4.69) is 11.9 Å². The summed E-state index contributed by atoms with van der Waals surface area (Å²) in [5, 5.41) is 2.93. The van der Waals surface area contributed by atoms with Gasteiger partial charge in [-0.25, -0.2) is 0 Å². The van der Waals surface area contributed by atoms with Crippen molar-refractivity contribution < 1.29 is 9.53 Å². The van der Waals surface area contributed by atoms with E-state index in [1.165, 1.54) is 0 Å². The van der Waals surface area contributed by atoms with Crippen molar-refractivity contribution >= 4 is 5.91 Å². The molecule has 1 amide bonds. The summed E-state index contributed by atoms with van der Waals surface area (Å²) in [5.41, 5.74) is 0.995. The van der Waals surface area contributed by atoms with Crippen molar-refractivity contribution in [2.24, 2.45) is 0 Å². The Labute approximate surface area is 101 Å². The molecule has 1 atom stereocenters. The summed E-state index contributed by atoms with van der Waals surface area (Å²) in [6, 6.07) is 7.75. The third kappa shape index (κ3) is 2.67. The minimum absolute atomic E-state index is 0.0789. The lowest BCUT2D eigenvalue weighted by atomic mass is 9.92. The molecule has 1 aromatic carbocycles. The van der Waals surface area contributed by atoms with Gasteiger partial charge in [0.05, 0.1) is 12.5 Å². The van der Waals surface area contributed by atoms with E-state index in [-0.39, 0.29) is 11.8 Å². The molecule has 3 nitrogen and oxygen atoms in total. The van der Waals surface area contributed by atoms with Crippen molar-refractivity contribution in [3.05, 3.63) is 42.5 Å². The number of hydrogen-bond acceptors (Lipinski definition) is 2. The van der Waals surface area contributed by atoms with Crippen molar-refractivity contribution in [2.75, 3.05) is 13.2 Å². The molecule has 17 heavy (non-hydrogen) atoms. The van der Waals surface area contributed by atoms with Crippen LogP contribution in [0, 0.1) is 0 Å². The monoisotopic (exact) mass is 231 g/mol. The Hall–Kier alpha value is -1.77. The molecule has 90 valence electrons. The average molecular weight is 231 g/mol. The molecule has 0 fully saturated rings. The second-order valence-electron chi connectivity index (χ2n) is 4.10. The first-order valence-electron chi connectivity index (χ1n) is 5.93. The fourth-order valence-electron chi connectivity index (χ4n) is 2.04. The number of benzene rings is 1. The van der Waals surface area contributed by atoms with Gasteiger partial charge in [0.1, 0.15) is 5.75 Å². The smallest absolute Gasteiger partial charge is 0.227 e. The van der Waals surface area contributed by atoms with Crippen LogP contribution < -0.4 is 10.1 Å². The van der Waals surface area contributed by atoms with Crippen LogP contribution in [-0.4, -0.2) is 19.1 Å². The largest absolute Gasteiger partial charge is 0.493 e. The van der Waals surface area contributed by atoms with Crippen molar-refractivity contribution in [1.29, 1.82) is 0 Å². The van der Waals surface area contributed by atoms with Crippen LogP contribution in [0.15, 0.2) is 36.9 Å². The quantitative estimate of drug-likeness (QED) is 0.637. The highest BCUT2D eigenvalue weighted by atomic mass is 16.5. The number of para-hydroxylation sites is 1. The van der Waals surface area contributed by atoms with Crippen LogP contribution in [0.2, 0.25) is 0 Å². The Morgan fingerprint density at radius 1 is 1.53 bits per heavy atom. The van der Waals surface area contributed by atoms with E-state index in [1.807, 2.05) is 24.3 Å². The van der Waals surface area contributed by atoms with Crippen LogP contribution in [0.5, 0.6) is 5.75 Å². The zero-order valence-electron chi connectivity index (χ0n) is 9.82. The summed E-state index contributed by atoms with van der Waals surface area (Å²) in [4.78, 5) is 12.0. The molecule has 1 aliphatic heterocycles. The predicted molar refractivity (Wildman–Crippen MR) is 67.1 cm³/mol. The van der Waals surface area contributed by atoms with E-state index in [0.717, 1.165) is 24.2 Å². The van der Waals surface area contributed by atoms with Crippen molar-refractivity contribution in [1.82, 2.24) is 5.32 Å². The summed E-state index contributed by atoms with van der Waals surface area (Å²) in [6.45, 7) is 4.90. The van der Waals surface area contributed by atoms with Crippen LogP contribution in [0.4, 0.5) is 0 Å². The molecule has 1 heterocycles. The fourth-order valence-corrected chi connectivity index (χ4v) is 2.04. The topological polar surface area (TPSA) is 38.3 Å². The summed E-state index contributed by atoms with van der Waals surface area (Å²) in [5.74, 6) is 0.843. The molecule has 0 aromatic heterocycles. The molecule has 0 bridgehead atoms. The van der Waals surface area contributed by atoms with Crippen LogP contribution in [0.25, 0.3) is 0 Å². The summed E-state index contributed by atoms with van der Waals surface area (Å²) in [6.07, 6.45) is 3.35. The van der Waals surface area contributed by atoms with Gasteiger partial charge in [0, 0.05) is 12.1 Å². The Morgan fingerprint density at radius 2 is 2.35 bits per heavy atom. The highest BCUT2D eigenvalue weighted by Gasteiger charge is 2.26. The van der Waals surface area contributed by atoms with E-state index < -0.39 is 0 Å². The van der Waals surface area contributed by atoms with Gasteiger partial charge in [-0.2, -0.15) is 0 Å². The molecule has 2 rings (SSSR count). The van der Waals surface area contributed by atoms with Gasteiger partial charge in [-0.05, 0) is 18.9 Å². The first-order chi connectivity index (χ1) is 8.33. The number of hydrogen-bond donors (Lipinski definition) is 1. The molecular weight excluding hydrogens is 214 g/mol. The van der Waals surface area contributed by atoms with Gasteiger partial charge < -0.3 is 10.1 Å².